The van der Waals surface area contributed by atoms with Gasteiger partial charge in [-0.25, -0.2) is 14.4 Å². The molecular formula is C21H25FN4O. The molecule has 0 unspecified atom stereocenters. The van der Waals surface area contributed by atoms with Crippen LogP contribution in [0.3, 0.4) is 0 Å². The van der Waals surface area contributed by atoms with E-state index in [1.165, 1.54) is 25.0 Å². The van der Waals surface area contributed by atoms with Crippen molar-refractivity contribution in [2.75, 3.05) is 24.7 Å². The first-order chi connectivity index (χ1) is 13.2. The maximum Gasteiger partial charge on any atom is 0.142 e. The van der Waals surface area contributed by atoms with Gasteiger partial charge >= 0.3 is 0 Å². The van der Waals surface area contributed by atoms with Crippen LogP contribution in [0, 0.1) is 5.82 Å². The summed E-state index contributed by atoms with van der Waals surface area (Å²) in [6.07, 6.45) is 4.29. The maximum absolute atomic E-state index is 13.8. The lowest BCUT2D eigenvalue weighted by Crippen LogP contribution is -2.26. The van der Waals surface area contributed by atoms with Crippen molar-refractivity contribution in [3.8, 4) is 11.4 Å². The van der Waals surface area contributed by atoms with Crippen LogP contribution in [0.15, 0.2) is 36.5 Å². The van der Waals surface area contributed by atoms with Gasteiger partial charge < -0.3 is 14.2 Å². The fourth-order valence-corrected chi connectivity index (χ4v) is 3.80. The molecule has 1 aliphatic heterocycles. The molecule has 0 amide bonds. The van der Waals surface area contributed by atoms with Crippen molar-refractivity contribution in [2.24, 2.45) is 0 Å². The minimum atomic E-state index is -0.261. The Balaban J connectivity index is 1.70. The number of nitrogens with zero attached hydrogens (tertiary/aromatic N) is 4. The molecule has 3 aromatic rings. The predicted molar refractivity (Wildman–Crippen MR) is 105 cm³/mol. The molecule has 0 N–H and O–H groups in total. The van der Waals surface area contributed by atoms with E-state index in [0.717, 1.165) is 34.8 Å². The van der Waals surface area contributed by atoms with Crippen molar-refractivity contribution in [1.82, 2.24) is 14.5 Å². The van der Waals surface area contributed by atoms with Gasteiger partial charge in [0.25, 0.3) is 0 Å². The van der Waals surface area contributed by atoms with E-state index in [-0.39, 0.29) is 5.82 Å². The van der Waals surface area contributed by atoms with Crippen LogP contribution in [0.1, 0.15) is 26.7 Å². The smallest absolute Gasteiger partial charge is 0.142 e. The lowest BCUT2D eigenvalue weighted by molar-refractivity contribution is 0.140. The molecule has 1 saturated heterocycles. The minimum absolute atomic E-state index is 0.261. The van der Waals surface area contributed by atoms with Crippen molar-refractivity contribution in [3.63, 3.8) is 0 Å². The van der Waals surface area contributed by atoms with Gasteiger partial charge in [-0.05, 0) is 57.0 Å². The third-order valence-corrected chi connectivity index (χ3v) is 5.23. The highest BCUT2D eigenvalue weighted by atomic mass is 19.1. The Morgan fingerprint density at radius 1 is 1.26 bits per heavy atom. The SMILES string of the molecule is CCOCCn1c(-c2ccc(N3CCC[C@@H]3C)nc2)nc2ccc(F)cc21. The third-order valence-electron chi connectivity index (χ3n) is 5.23. The van der Waals surface area contributed by atoms with Gasteiger partial charge in [-0.1, -0.05) is 0 Å². The topological polar surface area (TPSA) is 43.2 Å². The summed E-state index contributed by atoms with van der Waals surface area (Å²) < 4.78 is 21.3. The van der Waals surface area contributed by atoms with Crippen LogP contribution in [-0.2, 0) is 11.3 Å². The van der Waals surface area contributed by atoms with E-state index < -0.39 is 0 Å². The lowest BCUT2D eigenvalue weighted by Gasteiger charge is -2.22. The van der Waals surface area contributed by atoms with E-state index in [9.17, 15) is 4.39 Å². The molecular weight excluding hydrogens is 343 g/mol. The van der Waals surface area contributed by atoms with E-state index >= 15 is 0 Å². The quantitative estimate of drug-likeness (QED) is 0.610. The Hall–Kier alpha value is -2.47. The standard InChI is InChI=1S/C21H25FN4O/c1-3-27-12-11-26-19-13-17(22)7-8-18(19)24-21(26)16-6-9-20(23-14-16)25-10-4-5-15(25)2/h6-9,13-15H,3-5,10-12H2,1-2H3/t15-/m0/s1. The number of aromatic nitrogens is 3. The molecule has 0 bridgehead atoms. The van der Waals surface area contributed by atoms with Gasteiger partial charge in [0.05, 0.1) is 17.6 Å². The number of anilines is 1. The second kappa shape index (κ2) is 7.64. The molecule has 1 fully saturated rings. The molecule has 4 rings (SSSR count). The Labute approximate surface area is 158 Å². The normalized spacial score (nSPS) is 17.1. The Kier molecular flexibility index (Phi) is 5.07. The summed E-state index contributed by atoms with van der Waals surface area (Å²) in [6.45, 7) is 7.09. The number of halogens is 1. The molecule has 0 radical (unpaired) electrons. The van der Waals surface area contributed by atoms with Gasteiger partial charge in [0.1, 0.15) is 17.5 Å². The Morgan fingerprint density at radius 3 is 2.85 bits per heavy atom. The molecule has 0 aliphatic carbocycles. The number of benzene rings is 1. The monoisotopic (exact) mass is 368 g/mol. The molecule has 6 heteroatoms. The summed E-state index contributed by atoms with van der Waals surface area (Å²) in [5.41, 5.74) is 2.49. The highest BCUT2D eigenvalue weighted by Crippen LogP contribution is 2.28. The number of rotatable bonds is 6. The highest BCUT2D eigenvalue weighted by Gasteiger charge is 2.22. The summed E-state index contributed by atoms with van der Waals surface area (Å²) in [5, 5.41) is 0. The van der Waals surface area contributed by atoms with Crippen molar-refractivity contribution in [1.29, 1.82) is 0 Å². The zero-order valence-corrected chi connectivity index (χ0v) is 15.9. The third kappa shape index (κ3) is 3.54. The van der Waals surface area contributed by atoms with Crippen LogP contribution < -0.4 is 4.90 Å². The Morgan fingerprint density at radius 2 is 2.15 bits per heavy atom. The van der Waals surface area contributed by atoms with Crippen LogP contribution in [0.5, 0.6) is 0 Å². The summed E-state index contributed by atoms with van der Waals surface area (Å²) >= 11 is 0. The average molecular weight is 368 g/mol. The molecule has 0 spiro atoms. The number of hydrogen-bond acceptors (Lipinski definition) is 4. The fraction of sp³-hybridized carbons (Fsp3) is 0.429. The predicted octanol–water partition coefficient (Wildman–Crippen LogP) is 4.26. The minimum Gasteiger partial charge on any atom is -0.380 e. The number of imidazole rings is 1. The van der Waals surface area contributed by atoms with Gasteiger partial charge in [-0.3, -0.25) is 0 Å². The van der Waals surface area contributed by atoms with Crippen molar-refractivity contribution in [3.05, 3.63) is 42.3 Å². The van der Waals surface area contributed by atoms with Gasteiger partial charge in [-0.2, -0.15) is 0 Å². The van der Waals surface area contributed by atoms with E-state index in [1.54, 1.807) is 6.07 Å². The molecule has 0 saturated carbocycles. The van der Waals surface area contributed by atoms with Gasteiger partial charge in [0.2, 0.25) is 0 Å². The number of hydrogen-bond donors (Lipinski definition) is 0. The zero-order valence-electron chi connectivity index (χ0n) is 15.9. The van der Waals surface area contributed by atoms with E-state index in [1.807, 2.05) is 17.7 Å². The second-order valence-electron chi connectivity index (χ2n) is 7.01. The van der Waals surface area contributed by atoms with Crippen LogP contribution in [0.4, 0.5) is 10.2 Å². The maximum atomic E-state index is 13.8. The van der Waals surface area contributed by atoms with Gasteiger partial charge in [-0.15, -0.1) is 0 Å². The highest BCUT2D eigenvalue weighted by molar-refractivity contribution is 5.80. The molecule has 5 nitrogen and oxygen atoms in total. The van der Waals surface area contributed by atoms with Crippen molar-refractivity contribution >= 4 is 16.9 Å². The molecule has 1 aliphatic rings. The number of pyridine rings is 1. The van der Waals surface area contributed by atoms with Gasteiger partial charge in [0, 0.05) is 37.5 Å². The first-order valence-corrected chi connectivity index (χ1v) is 9.64. The van der Waals surface area contributed by atoms with E-state index in [4.69, 9.17) is 9.72 Å². The molecule has 1 aromatic carbocycles. The number of fused-ring (bicyclic) bond motifs is 1. The van der Waals surface area contributed by atoms with Crippen molar-refractivity contribution < 1.29 is 9.13 Å². The molecule has 3 heterocycles. The largest absolute Gasteiger partial charge is 0.380 e. The van der Waals surface area contributed by atoms with Crippen LogP contribution >= 0.6 is 0 Å². The average Bonchev–Trinajstić information content (AvgIpc) is 3.26. The molecule has 2 aromatic heterocycles. The van der Waals surface area contributed by atoms with Crippen LogP contribution in [0.2, 0.25) is 0 Å². The summed E-state index contributed by atoms with van der Waals surface area (Å²) in [7, 11) is 0. The fourth-order valence-electron chi connectivity index (χ4n) is 3.80. The summed E-state index contributed by atoms with van der Waals surface area (Å²) in [5.74, 6) is 1.54. The van der Waals surface area contributed by atoms with E-state index in [2.05, 4.69) is 28.9 Å². The lowest BCUT2D eigenvalue weighted by atomic mass is 10.2. The second-order valence-corrected chi connectivity index (χ2v) is 7.01. The van der Waals surface area contributed by atoms with Gasteiger partial charge in [0.15, 0.2) is 0 Å². The van der Waals surface area contributed by atoms with E-state index in [0.29, 0.717) is 25.8 Å². The van der Waals surface area contributed by atoms with Crippen LogP contribution in [0.25, 0.3) is 22.4 Å². The first kappa shape index (κ1) is 17.9. The van der Waals surface area contributed by atoms with Crippen molar-refractivity contribution in [2.45, 2.75) is 39.3 Å². The first-order valence-electron chi connectivity index (χ1n) is 9.64. The van der Waals surface area contributed by atoms with Crippen LogP contribution in [-0.4, -0.2) is 40.3 Å². The number of ether oxygens (including phenoxy) is 1. The zero-order chi connectivity index (χ0) is 18.8. The molecule has 142 valence electrons. The molecule has 27 heavy (non-hydrogen) atoms. The summed E-state index contributed by atoms with van der Waals surface area (Å²) in [4.78, 5) is 11.8. The molecule has 1 atom stereocenters. The summed E-state index contributed by atoms with van der Waals surface area (Å²) in [6, 6.07) is 9.35. The Bertz CT molecular complexity index is 922.